The summed E-state index contributed by atoms with van der Waals surface area (Å²) in [7, 11) is 0. The number of nitrogens with zero attached hydrogens (tertiary/aromatic N) is 1. The van der Waals surface area contributed by atoms with Gasteiger partial charge in [0.05, 0.1) is 0 Å². The summed E-state index contributed by atoms with van der Waals surface area (Å²) in [6, 6.07) is 3.23. The Balaban J connectivity index is 1.93. The van der Waals surface area contributed by atoms with Gasteiger partial charge in [0.1, 0.15) is 0 Å². The number of carbonyl (C=O) groups excluding carboxylic acids is 2. The van der Waals surface area contributed by atoms with Gasteiger partial charge < -0.3 is 10.2 Å². The second-order valence-corrected chi connectivity index (χ2v) is 5.12. The van der Waals surface area contributed by atoms with E-state index in [0.717, 1.165) is 12.1 Å². The number of benzene rings is 1. The van der Waals surface area contributed by atoms with E-state index in [1.807, 2.05) is 0 Å². The van der Waals surface area contributed by atoms with E-state index in [1.54, 1.807) is 11.8 Å². The fourth-order valence-electron chi connectivity index (χ4n) is 2.37. The lowest BCUT2D eigenvalue weighted by atomic mass is 10.0. The second-order valence-electron chi connectivity index (χ2n) is 5.12. The van der Waals surface area contributed by atoms with Crippen LogP contribution in [0.2, 0.25) is 0 Å². The molecule has 2 amide bonds. The molecule has 6 heteroatoms. The Morgan fingerprint density at radius 3 is 2.48 bits per heavy atom. The zero-order valence-electron chi connectivity index (χ0n) is 11.9. The standard InChI is InChI=1S/C15H18F2N2O2/c1-2-14(20)18-11-5-7-19(8-6-11)15(21)10-3-4-12(16)13(17)9-10/h3-4,9,11H,2,5-8H2,1H3,(H,18,20). The molecule has 0 saturated carbocycles. The van der Waals surface area contributed by atoms with Gasteiger partial charge in [0, 0.05) is 31.1 Å². The molecule has 0 atom stereocenters. The topological polar surface area (TPSA) is 49.4 Å². The normalized spacial score (nSPS) is 15.9. The maximum atomic E-state index is 13.2. The number of hydrogen-bond acceptors (Lipinski definition) is 2. The highest BCUT2D eigenvalue weighted by molar-refractivity contribution is 5.94. The van der Waals surface area contributed by atoms with Gasteiger partial charge in [0.25, 0.3) is 5.91 Å². The summed E-state index contributed by atoms with van der Waals surface area (Å²) in [6.07, 6.45) is 1.77. The minimum atomic E-state index is -1.02. The van der Waals surface area contributed by atoms with Crippen molar-refractivity contribution in [3.8, 4) is 0 Å². The molecule has 21 heavy (non-hydrogen) atoms. The SMILES string of the molecule is CCC(=O)NC1CCN(C(=O)c2ccc(F)c(F)c2)CC1. The van der Waals surface area contributed by atoms with Crippen molar-refractivity contribution in [1.82, 2.24) is 10.2 Å². The van der Waals surface area contributed by atoms with Gasteiger partial charge in [-0.15, -0.1) is 0 Å². The fraction of sp³-hybridized carbons (Fsp3) is 0.467. The van der Waals surface area contributed by atoms with Crippen LogP contribution in [0.1, 0.15) is 36.5 Å². The summed E-state index contributed by atoms with van der Waals surface area (Å²) in [6.45, 7) is 2.77. The van der Waals surface area contributed by atoms with E-state index in [0.29, 0.717) is 32.4 Å². The van der Waals surface area contributed by atoms with Gasteiger partial charge in [-0.1, -0.05) is 6.92 Å². The molecular weight excluding hydrogens is 278 g/mol. The molecule has 2 rings (SSSR count). The molecule has 114 valence electrons. The van der Waals surface area contributed by atoms with Crippen LogP contribution in [0.4, 0.5) is 8.78 Å². The lowest BCUT2D eigenvalue weighted by Gasteiger charge is -2.32. The van der Waals surface area contributed by atoms with E-state index >= 15 is 0 Å². The molecule has 1 heterocycles. The van der Waals surface area contributed by atoms with Crippen LogP contribution < -0.4 is 5.32 Å². The number of hydrogen-bond donors (Lipinski definition) is 1. The molecule has 1 N–H and O–H groups in total. The van der Waals surface area contributed by atoms with Crippen molar-refractivity contribution >= 4 is 11.8 Å². The average Bonchev–Trinajstić information content (AvgIpc) is 2.50. The predicted molar refractivity (Wildman–Crippen MR) is 73.7 cm³/mol. The Morgan fingerprint density at radius 2 is 1.90 bits per heavy atom. The first-order valence-electron chi connectivity index (χ1n) is 7.05. The molecule has 0 radical (unpaired) electrons. The largest absolute Gasteiger partial charge is 0.353 e. The molecule has 0 spiro atoms. The van der Waals surface area contributed by atoms with Crippen molar-refractivity contribution in [3.63, 3.8) is 0 Å². The molecule has 0 aromatic heterocycles. The van der Waals surface area contributed by atoms with Gasteiger partial charge >= 0.3 is 0 Å². The maximum Gasteiger partial charge on any atom is 0.253 e. The maximum absolute atomic E-state index is 13.2. The molecule has 1 saturated heterocycles. The Hall–Kier alpha value is -1.98. The van der Waals surface area contributed by atoms with E-state index in [4.69, 9.17) is 0 Å². The Labute approximate surface area is 122 Å². The number of rotatable bonds is 3. The van der Waals surface area contributed by atoms with E-state index in [-0.39, 0.29) is 23.4 Å². The zero-order valence-corrected chi connectivity index (χ0v) is 11.9. The number of piperidine rings is 1. The highest BCUT2D eigenvalue weighted by Crippen LogP contribution is 2.16. The van der Waals surface area contributed by atoms with Crippen molar-refractivity contribution in [2.45, 2.75) is 32.2 Å². The van der Waals surface area contributed by atoms with E-state index < -0.39 is 11.6 Å². The Kier molecular flexibility index (Phi) is 4.88. The van der Waals surface area contributed by atoms with Crippen LogP contribution in [0.15, 0.2) is 18.2 Å². The van der Waals surface area contributed by atoms with Crippen LogP contribution in [-0.4, -0.2) is 35.8 Å². The van der Waals surface area contributed by atoms with Gasteiger partial charge in [-0.25, -0.2) is 8.78 Å². The molecular formula is C15H18F2N2O2. The van der Waals surface area contributed by atoms with Gasteiger partial charge in [-0.05, 0) is 31.0 Å². The molecule has 1 aliphatic rings. The molecule has 0 unspecified atom stereocenters. The number of nitrogens with one attached hydrogen (secondary N) is 1. The molecule has 4 nitrogen and oxygen atoms in total. The predicted octanol–water partition coefficient (Wildman–Crippen LogP) is 2.10. The summed E-state index contributed by atoms with van der Waals surface area (Å²) in [5.74, 6) is -2.30. The molecule has 1 fully saturated rings. The van der Waals surface area contributed by atoms with Crippen LogP contribution >= 0.6 is 0 Å². The quantitative estimate of drug-likeness (QED) is 0.928. The molecule has 1 aliphatic heterocycles. The smallest absolute Gasteiger partial charge is 0.253 e. The summed E-state index contributed by atoms with van der Waals surface area (Å²) in [5.41, 5.74) is 0.143. The molecule has 0 aliphatic carbocycles. The second kappa shape index (κ2) is 6.65. The lowest BCUT2D eigenvalue weighted by Crippen LogP contribution is -2.46. The Morgan fingerprint density at radius 1 is 1.24 bits per heavy atom. The van der Waals surface area contributed by atoms with Crippen molar-refractivity contribution in [2.24, 2.45) is 0 Å². The van der Waals surface area contributed by atoms with Crippen LogP contribution in [0.3, 0.4) is 0 Å². The van der Waals surface area contributed by atoms with Gasteiger partial charge in [-0.2, -0.15) is 0 Å². The van der Waals surface area contributed by atoms with E-state index in [2.05, 4.69) is 5.32 Å². The summed E-state index contributed by atoms with van der Waals surface area (Å²) in [5, 5.41) is 2.90. The third-order valence-corrected chi connectivity index (χ3v) is 3.63. The van der Waals surface area contributed by atoms with E-state index in [9.17, 15) is 18.4 Å². The van der Waals surface area contributed by atoms with Crippen LogP contribution in [-0.2, 0) is 4.79 Å². The van der Waals surface area contributed by atoms with Crippen LogP contribution in [0.5, 0.6) is 0 Å². The first-order chi connectivity index (χ1) is 10.0. The van der Waals surface area contributed by atoms with Crippen molar-refractivity contribution in [2.75, 3.05) is 13.1 Å². The number of carbonyl (C=O) groups is 2. The van der Waals surface area contributed by atoms with Crippen molar-refractivity contribution in [3.05, 3.63) is 35.4 Å². The zero-order chi connectivity index (χ0) is 15.4. The van der Waals surface area contributed by atoms with E-state index in [1.165, 1.54) is 6.07 Å². The third-order valence-electron chi connectivity index (χ3n) is 3.63. The number of halogens is 2. The third kappa shape index (κ3) is 3.77. The first kappa shape index (κ1) is 15.4. The summed E-state index contributed by atoms with van der Waals surface area (Å²) >= 11 is 0. The van der Waals surface area contributed by atoms with Gasteiger partial charge in [-0.3, -0.25) is 9.59 Å². The summed E-state index contributed by atoms with van der Waals surface area (Å²) in [4.78, 5) is 25.1. The highest BCUT2D eigenvalue weighted by Gasteiger charge is 2.24. The molecule has 1 aromatic carbocycles. The molecule has 1 aromatic rings. The fourth-order valence-corrected chi connectivity index (χ4v) is 2.37. The van der Waals surface area contributed by atoms with Crippen molar-refractivity contribution < 1.29 is 18.4 Å². The lowest BCUT2D eigenvalue weighted by molar-refractivity contribution is -0.121. The van der Waals surface area contributed by atoms with Gasteiger partial charge in [0.15, 0.2) is 11.6 Å². The molecule has 0 bridgehead atoms. The van der Waals surface area contributed by atoms with Crippen molar-refractivity contribution in [1.29, 1.82) is 0 Å². The number of amides is 2. The van der Waals surface area contributed by atoms with Gasteiger partial charge in [0.2, 0.25) is 5.91 Å². The highest BCUT2D eigenvalue weighted by atomic mass is 19.2. The Bertz CT molecular complexity index is 540. The first-order valence-corrected chi connectivity index (χ1v) is 7.05. The summed E-state index contributed by atoms with van der Waals surface area (Å²) < 4.78 is 26.0. The minimum absolute atomic E-state index is 0.000354. The minimum Gasteiger partial charge on any atom is -0.353 e. The average molecular weight is 296 g/mol. The number of likely N-dealkylation sites (tertiary alicyclic amines) is 1. The monoisotopic (exact) mass is 296 g/mol. The van der Waals surface area contributed by atoms with Crippen LogP contribution in [0.25, 0.3) is 0 Å². The van der Waals surface area contributed by atoms with Crippen LogP contribution in [0, 0.1) is 11.6 Å².